The van der Waals surface area contributed by atoms with Crippen LogP contribution < -0.4 is 9.47 Å². The number of carbonyl (C=O) groups is 1. The lowest BCUT2D eigenvalue weighted by Crippen LogP contribution is -2.41. The highest BCUT2D eigenvalue weighted by Crippen LogP contribution is 2.38. The minimum Gasteiger partial charge on any atom is -0.493 e. The van der Waals surface area contributed by atoms with Gasteiger partial charge in [-0.1, -0.05) is 6.07 Å². The quantitative estimate of drug-likeness (QED) is 0.553. The third-order valence-electron chi connectivity index (χ3n) is 6.09. The largest absolute Gasteiger partial charge is 0.493 e. The van der Waals surface area contributed by atoms with Crippen molar-refractivity contribution in [2.24, 2.45) is 0 Å². The molecule has 1 fully saturated rings. The Kier molecular flexibility index (Phi) is 6.23. The summed E-state index contributed by atoms with van der Waals surface area (Å²) in [5.74, 6) is 1.69. The molecular formula is C26H33N3O4. The number of hydrogen-bond acceptors (Lipinski definition) is 5. The zero-order valence-corrected chi connectivity index (χ0v) is 20.3. The SMILES string of the molecule is COc1ccc(-c2c(C)[nH]c3ccc(C4CCN(C(=O)OC(C)(C)C)CC4)nc23)cc1OC. The van der Waals surface area contributed by atoms with Crippen molar-refractivity contribution in [2.45, 2.75) is 52.1 Å². The van der Waals surface area contributed by atoms with Crippen LogP contribution in [0.25, 0.3) is 22.2 Å². The van der Waals surface area contributed by atoms with Gasteiger partial charge >= 0.3 is 6.09 Å². The van der Waals surface area contributed by atoms with E-state index in [1.807, 2.05) is 39.0 Å². The van der Waals surface area contributed by atoms with E-state index >= 15 is 0 Å². The summed E-state index contributed by atoms with van der Waals surface area (Å²) in [6.07, 6.45) is 1.50. The number of likely N-dealkylation sites (tertiary alicyclic amines) is 1. The van der Waals surface area contributed by atoms with Crippen LogP contribution in [0.15, 0.2) is 30.3 Å². The maximum Gasteiger partial charge on any atom is 0.410 e. The molecule has 1 saturated heterocycles. The number of piperidine rings is 1. The van der Waals surface area contributed by atoms with Crippen LogP contribution in [0.1, 0.15) is 50.9 Å². The van der Waals surface area contributed by atoms with Crippen LogP contribution in [-0.4, -0.2) is 53.9 Å². The number of aromatic nitrogens is 2. The van der Waals surface area contributed by atoms with Gasteiger partial charge in [-0.3, -0.25) is 4.98 Å². The Morgan fingerprint density at radius 2 is 1.76 bits per heavy atom. The Hall–Kier alpha value is -3.22. The number of H-pyrrole nitrogens is 1. The summed E-state index contributed by atoms with van der Waals surface area (Å²) in [7, 11) is 3.28. The molecule has 4 rings (SSSR count). The first kappa shape index (κ1) is 23.0. The average Bonchev–Trinajstić information content (AvgIpc) is 3.12. The number of hydrogen-bond donors (Lipinski definition) is 1. The summed E-state index contributed by atoms with van der Waals surface area (Å²) < 4.78 is 16.4. The van der Waals surface area contributed by atoms with Crippen molar-refractivity contribution in [3.8, 4) is 22.6 Å². The zero-order chi connectivity index (χ0) is 23.8. The molecule has 1 N–H and O–H groups in total. The summed E-state index contributed by atoms with van der Waals surface area (Å²) in [6.45, 7) is 9.09. The second kappa shape index (κ2) is 8.96. The second-order valence-corrected chi connectivity index (χ2v) is 9.57. The van der Waals surface area contributed by atoms with Crippen molar-refractivity contribution in [1.82, 2.24) is 14.9 Å². The van der Waals surface area contributed by atoms with E-state index in [1.54, 1.807) is 19.1 Å². The van der Waals surface area contributed by atoms with Gasteiger partial charge in [0.25, 0.3) is 0 Å². The molecule has 1 aromatic carbocycles. The van der Waals surface area contributed by atoms with Crippen LogP contribution in [0.4, 0.5) is 4.79 Å². The van der Waals surface area contributed by atoms with E-state index in [0.717, 1.165) is 46.4 Å². The predicted octanol–water partition coefficient (Wildman–Crippen LogP) is 5.67. The number of rotatable bonds is 4. The number of benzene rings is 1. The van der Waals surface area contributed by atoms with Gasteiger partial charge in [-0.15, -0.1) is 0 Å². The van der Waals surface area contributed by atoms with E-state index in [4.69, 9.17) is 19.2 Å². The predicted molar refractivity (Wildman–Crippen MR) is 129 cm³/mol. The molecule has 0 aliphatic carbocycles. The number of pyridine rings is 1. The first-order chi connectivity index (χ1) is 15.7. The fraction of sp³-hybridized carbons (Fsp3) is 0.462. The molecule has 0 radical (unpaired) electrons. The van der Waals surface area contributed by atoms with E-state index in [1.165, 1.54) is 0 Å². The lowest BCUT2D eigenvalue weighted by atomic mass is 9.93. The minimum absolute atomic E-state index is 0.235. The number of ether oxygens (including phenoxy) is 3. The lowest BCUT2D eigenvalue weighted by Gasteiger charge is -2.33. The van der Waals surface area contributed by atoms with Crippen molar-refractivity contribution in [2.75, 3.05) is 27.3 Å². The van der Waals surface area contributed by atoms with E-state index in [0.29, 0.717) is 30.5 Å². The molecule has 0 bridgehead atoms. The molecule has 176 valence electrons. The fourth-order valence-electron chi connectivity index (χ4n) is 4.46. The monoisotopic (exact) mass is 451 g/mol. The van der Waals surface area contributed by atoms with Crippen LogP contribution >= 0.6 is 0 Å². The fourth-order valence-corrected chi connectivity index (χ4v) is 4.46. The highest BCUT2D eigenvalue weighted by atomic mass is 16.6. The lowest BCUT2D eigenvalue weighted by molar-refractivity contribution is 0.0204. The van der Waals surface area contributed by atoms with E-state index in [2.05, 4.69) is 24.0 Å². The number of methoxy groups -OCH3 is 2. The molecule has 0 atom stereocenters. The molecule has 7 nitrogen and oxygen atoms in total. The molecule has 2 aromatic heterocycles. The van der Waals surface area contributed by atoms with Gasteiger partial charge in [0.15, 0.2) is 11.5 Å². The molecule has 1 aliphatic heterocycles. The third-order valence-corrected chi connectivity index (χ3v) is 6.09. The molecule has 1 amide bonds. The van der Waals surface area contributed by atoms with E-state index in [-0.39, 0.29) is 6.09 Å². The van der Waals surface area contributed by atoms with Crippen LogP contribution in [-0.2, 0) is 4.74 Å². The number of fused-ring (bicyclic) bond motifs is 1. The van der Waals surface area contributed by atoms with Crippen LogP contribution in [0.2, 0.25) is 0 Å². The third kappa shape index (κ3) is 4.77. The van der Waals surface area contributed by atoms with Crippen LogP contribution in [0, 0.1) is 6.92 Å². The first-order valence-corrected chi connectivity index (χ1v) is 11.4. The van der Waals surface area contributed by atoms with Gasteiger partial charge in [0, 0.05) is 36.0 Å². The standard InChI is InChI=1S/C26H33N3O4/c1-16-23(18-7-10-21(31-5)22(15-18)32-6)24-20(27-16)9-8-19(28-24)17-11-13-29(14-12-17)25(30)33-26(2,3)4/h7-10,15,17,27H,11-14H2,1-6H3. The van der Waals surface area contributed by atoms with E-state index < -0.39 is 5.60 Å². The normalized spacial score (nSPS) is 15.0. The summed E-state index contributed by atoms with van der Waals surface area (Å²) in [5, 5.41) is 0. The number of nitrogens with one attached hydrogen (secondary N) is 1. The number of carbonyl (C=O) groups excluding carboxylic acids is 1. The highest BCUT2D eigenvalue weighted by Gasteiger charge is 2.28. The molecule has 3 aromatic rings. The Labute approximate surface area is 195 Å². The molecule has 0 spiro atoms. The van der Waals surface area contributed by atoms with Gasteiger partial charge in [0.2, 0.25) is 0 Å². The second-order valence-electron chi connectivity index (χ2n) is 9.57. The summed E-state index contributed by atoms with van der Waals surface area (Å²) in [5.41, 5.74) is 5.69. The van der Waals surface area contributed by atoms with Crippen LogP contribution in [0.5, 0.6) is 11.5 Å². The summed E-state index contributed by atoms with van der Waals surface area (Å²) in [4.78, 5) is 22.7. The van der Waals surface area contributed by atoms with Gasteiger partial charge < -0.3 is 24.1 Å². The van der Waals surface area contributed by atoms with Gasteiger partial charge in [0.05, 0.1) is 25.3 Å². The molecule has 33 heavy (non-hydrogen) atoms. The summed E-state index contributed by atoms with van der Waals surface area (Å²) in [6, 6.07) is 10.1. The van der Waals surface area contributed by atoms with Crippen molar-refractivity contribution >= 4 is 17.1 Å². The molecule has 7 heteroatoms. The van der Waals surface area contributed by atoms with Gasteiger partial charge in [0.1, 0.15) is 5.60 Å². The summed E-state index contributed by atoms with van der Waals surface area (Å²) >= 11 is 0. The molecule has 0 saturated carbocycles. The first-order valence-electron chi connectivity index (χ1n) is 11.4. The number of nitrogens with zero attached hydrogens (tertiary/aromatic N) is 2. The molecule has 3 heterocycles. The van der Waals surface area contributed by atoms with Crippen LogP contribution in [0.3, 0.4) is 0 Å². The smallest absolute Gasteiger partial charge is 0.410 e. The highest BCUT2D eigenvalue weighted by molar-refractivity contribution is 5.95. The van der Waals surface area contributed by atoms with Gasteiger partial charge in [-0.05, 0) is 70.4 Å². The van der Waals surface area contributed by atoms with Crippen molar-refractivity contribution in [1.29, 1.82) is 0 Å². The maximum atomic E-state index is 12.4. The minimum atomic E-state index is -0.479. The molecule has 0 unspecified atom stereocenters. The Morgan fingerprint density at radius 3 is 2.39 bits per heavy atom. The van der Waals surface area contributed by atoms with Gasteiger partial charge in [-0.25, -0.2) is 4.79 Å². The average molecular weight is 452 g/mol. The van der Waals surface area contributed by atoms with Crippen molar-refractivity contribution in [3.05, 3.63) is 41.7 Å². The number of aryl methyl sites for hydroxylation is 1. The number of aromatic amines is 1. The maximum absolute atomic E-state index is 12.4. The number of amides is 1. The Balaban J connectivity index is 1.59. The Bertz CT molecular complexity index is 1150. The topological polar surface area (TPSA) is 76.7 Å². The van der Waals surface area contributed by atoms with Crippen molar-refractivity contribution < 1.29 is 19.0 Å². The molecule has 1 aliphatic rings. The zero-order valence-electron chi connectivity index (χ0n) is 20.3. The van der Waals surface area contributed by atoms with E-state index in [9.17, 15) is 4.79 Å². The van der Waals surface area contributed by atoms with Gasteiger partial charge in [-0.2, -0.15) is 0 Å². The molecular weight excluding hydrogens is 418 g/mol. The van der Waals surface area contributed by atoms with Crippen molar-refractivity contribution in [3.63, 3.8) is 0 Å². The Morgan fingerprint density at radius 1 is 1.06 bits per heavy atom.